The maximum atomic E-state index is 5.23. The summed E-state index contributed by atoms with van der Waals surface area (Å²) in [5.41, 5.74) is 11.4. The Kier molecular flexibility index (Phi) is 7.15. The van der Waals surface area contributed by atoms with Gasteiger partial charge in [-0.05, 0) is 35.4 Å². The molecule has 4 aromatic heterocycles. The maximum absolute atomic E-state index is 5.23. The first-order chi connectivity index (χ1) is 26.8. The van der Waals surface area contributed by atoms with Crippen LogP contribution in [0, 0.1) is 0 Å². The third-order valence-corrected chi connectivity index (χ3v) is 11.9. The summed E-state index contributed by atoms with van der Waals surface area (Å²) < 4.78 is 12.4. The molecule has 0 saturated carbocycles. The number of hydrogen-bond donors (Lipinski definition) is 0. The van der Waals surface area contributed by atoms with E-state index in [2.05, 4.69) is 133 Å². The molecule has 0 spiro atoms. The van der Waals surface area contributed by atoms with Crippen molar-refractivity contribution in [1.82, 2.24) is 23.7 Å². The number of pyridine rings is 1. The molecule has 0 aliphatic carbocycles. The van der Waals surface area contributed by atoms with Crippen LogP contribution in [0.25, 0.3) is 109 Å². The van der Waals surface area contributed by atoms with Crippen LogP contribution in [-0.2, 0) is 0 Å². The Morgan fingerprint density at radius 3 is 1.91 bits per heavy atom. The van der Waals surface area contributed by atoms with E-state index in [-0.39, 0.29) is 0 Å². The number of rotatable bonds is 5. The minimum absolute atomic E-state index is 0.651. The summed E-state index contributed by atoms with van der Waals surface area (Å²) in [6.45, 7) is 0. The van der Waals surface area contributed by atoms with Gasteiger partial charge in [0.2, 0.25) is 0 Å². The normalized spacial score (nSPS) is 11.7. The predicted molar refractivity (Wildman–Crippen MR) is 226 cm³/mol. The van der Waals surface area contributed by atoms with Crippen LogP contribution >= 0.6 is 23.1 Å². The van der Waals surface area contributed by atoms with Crippen molar-refractivity contribution in [3.63, 3.8) is 0 Å². The average Bonchev–Trinajstić information content (AvgIpc) is 3.89. The molecule has 11 aromatic rings. The Morgan fingerprint density at radius 2 is 1.07 bits per heavy atom. The van der Waals surface area contributed by atoms with Gasteiger partial charge in [0.15, 0.2) is 5.82 Å². The van der Waals surface area contributed by atoms with Crippen molar-refractivity contribution in [2.45, 2.75) is 0 Å². The number of nitrogens with zero attached hydrogens (tertiary/aromatic N) is 5. The molecule has 0 atom stereocenters. The summed E-state index contributed by atoms with van der Waals surface area (Å²) in [6, 6.07) is 57.1. The van der Waals surface area contributed by atoms with E-state index in [1.165, 1.54) is 43.0 Å². The molecule has 0 saturated heterocycles. The van der Waals surface area contributed by atoms with Gasteiger partial charge in [0.25, 0.3) is 0 Å². The van der Waals surface area contributed by atoms with Gasteiger partial charge < -0.3 is 0 Å². The fraction of sp³-hybridized carbons (Fsp3) is 0. The summed E-state index contributed by atoms with van der Waals surface area (Å²) in [4.78, 5) is 15.6. The molecule has 0 amide bonds. The van der Waals surface area contributed by atoms with Gasteiger partial charge >= 0.3 is 0 Å². The largest absolute Gasteiger partial charge is 0.247 e. The second-order valence-corrected chi connectivity index (χ2v) is 14.9. The lowest BCUT2D eigenvalue weighted by Crippen LogP contribution is -1.97. The second-order valence-electron chi connectivity index (χ2n) is 13.3. The van der Waals surface area contributed by atoms with Crippen LogP contribution in [0.1, 0.15) is 0 Å². The molecule has 4 heterocycles. The van der Waals surface area contributed by atoms with Gasteiger partial charge in [-0.3, -0.25) is 0 Å². The molecule has 11 rings (SSSR count). The highest BCUT2D eigenvalue weighted by molar-refractivity contribution is 7.26. The molecule has 0 fully saturated rings. The zero-order valence-electron chi connectivity index (χ0n) is 28.6. The van der Waals surface area contributed by atoms with Crippen LogP contribution in [0.4, 0.5) is 0 Å². The number of benzene rings is 7. The lowest BCUT2D eigenvalue weighted by Gasteiger charge is -2.14. The number of fused-ring (bicyclic) bond motifs is 8. The highest BCUT2D eigenvalue weighted by atomic mass is 32.1. The van der Waals surface area contributed by atoms with Gasteiger partial charge in [-0.25, -0.2) is 15.0 Å². The lowest BCUT2D eigenvalue weighted by molar-refractivity contribution is 1.18. The van der Waals surface area contributed by atoms with E-state index in [1.54, 1.807) is 0 Å². The Morgan fingerprint density at radius 1 is 0.407 bits per heavy atom. The summed E-state index contributed by atoms with van der Waals surface area (Å²) in [5.74, 6) is 0.651. The number of aromatic nitrogens is 5. The minimum Gasteiger partial charge on any atom is -0.247 e. The van der Waals surface area contributed by atoms with E-state index in [1.807, 2.05) is 41.7 Å². The van der Waals surface area contributed by atoms with Crippen molar-refractivity contribution >= 4 is 75.9 Å². The van der Waals surface area contributed by atoms with Gasteiger partial charge in [-0.1, -0.05) is 140 Å². The van der Waals surface area contributed by atoms with Gasteiger partial charge in [0.1, 0.15) is 11.0 Å². The molecule has 0 N–H and O–H groups in total. The van der Waals surface area contributed by atoms with Crippen molar-refractivity contribution in [3.05, 3.63) is 164 Å². The second kappa shape index (κ2) is 12.5. The molecular weight excluding hydrogens is 699 g/mol. The minimum atomic E-state index is 0.651. The molecule has 0 bridgehead atoms. The fourth-order valence-corrected chi connectivity index (χ4v) is 9.43. The summed E-state index contributed by atoms with van der Waals surface area (Å²) in [6.07, 6.45) is 0. The zero-order valence-corrected chi connectivity index (χ0v) is 30.3. The molecule has 54 heavy (non-hydrogen) atoms. The Labute approximate surface area is 318 Å². The Bertz CT molecular complexity index is 3210. The smallest absolute Gasteiger partial charge is 0.160 e. The summed E-state index contributed by atoms with van der Waals surface area (Å²) in [5, 5.41) is 5.71. The monoisotopic (exact) mass is 725 g/mol. The standard InChI is InChI=1S/C47H27N5S2/c1-3-12-30(13-4-1)43-37-26-36(44-45(52-54-51-44)42(37)35-17-7-9-20-38(35)48-43)40-27-39(49-47(50-40)31-14-5-2-6-15-31)29-24-22-28(23-25-29)32-18-11-19-34-33-16-8-10-21-41(33)53-46(32)34/h1-27H. The molecule has 0 aliphatic rings. The molecule has 0 aliphatic heterocycles. The molecule has 7 heteroatoms. The Hall–Kier alpha value is -6.67. The topological polar surface area (TPSA) is 64.5 Å². The average molecular weight is 726 g/mol. The van der Waals surface area contributed by atoms with Crippen LogP contribution in [0.15, 0.2) is 164 Å². The molecule has 0 unspecified atom stereocenters. The maximum Gasteiger partial charge on any atom is 0.160 e. The van der Waals surface area contributed by atoms with Crippen LogP contribution in [0.5, 0.6) is 0 Å². The van der Waals surface area contributed by atoms with Gasteiger partial charge in [-0.15, -0.1) is 11.3 Å². The number of thiophene rings is 1. The van der Waals surface area contributed by atoms with E-state index in [0.29, 0.717) is 5.82 Å². The van der Waals surface area contributed by atoms with Crippen molar-refractivity contribution in [1.29, 1.82) is 0 Å². The quantitative estimate of drug-likeness (QED) is 0.165. The first kappa shape index (κ1) is 30.9. The molecule has 7 aromatic carbocycles. The van der Waals surface area contributed by atoms with E-state index in [0.717, 1.165) is 72.0 Å². The van der Waals surface area contributed by atoms with E-state index < -0.39 is 0 Å². The first-order valence-corrected chi connectivity index (χ1v) is 19.3. The van der Waals surface area contributed by atoms with Crippen molar-refractivity contribution in [2.75, 3.05) is 0 Å². The SMILES string of the molecule is c1ccc(-c2nc(-c3ccc(-c4cccc5c4sc4ccccc45)cc3)cc(-c3cc4c(-c5ccccc5)nc5ccccc5c4c4nsnc34)n2)cc1. The van der Waals surface area contributed by atoms with Crippen molar-refractivity contribution < 1.29 is 0 Å². The van der Waals surface area contributed by atoms with E-state index in [9.17, 15) is 0 Å². The first-order valence-electron chi connectivity index (χ1n) is 17.8. The Balaban J connectivity index is 1.12. The third kappa shape index (κ3) is 5.01. The third-order valence-electron chi connectivity index (χ3n) is 10.2. The number of hydrogen-bond acceptors (Lipinski definition) is 7. The van der Waals surface area contributed by atoms with E-state index >= 15 is 0 Å². The van der Waals surface area contributed by atoms with Gasteiger partial charge in [0.05, 0.1) is 34.3 Å². The van der Waals surface area contributed by atoms with Crippen LogP contribution < -0.4 is 0 Å². The molecule has 252 valence electrons. The van der Waals surface area contributed by atoms with E-state index in [4.69, 9.17) is 23.7 Å². The van der Waals surface area contributed by atoms with Gasteiger partial charge in [0, 0.05) is 58.6 Å². The molecule has 5 nitrogen and oxygen atoms in total. The molecular formula is C47H27N5S2. The fourth-order valence-electron chi connectivity index (χ4n) is 7.62. The number of para-hydroxylation sites is 1. The van der Waals surface area contributed by atoms with Crippen LogP contribution in [0.2, 0.25) is 0 Å². The summed E-state index contributed by atoms with van der Waals surface area (Å²) in [7, 11) is 0. The predicted octanol–water partition coefficient (Wildman–Crippen LogP) is 12.9. The zero-order chi connectivity index (χ0) is 35.6. The van der Waals surface area contributed by atoms with Crippen molar-refractivity contribution in [2.24, 2.45) is 0 Å². The highest BCUT2D eigenvalue weighted by Crippen LogP contribution is 2.43. The summed E-state index contributed by atoms with van der Waals surface area (Å²) >= 11 is 3.08. The van der Waals surface area contributed by atoms with Crippen LogP contribution in [-0.4, -0.2) is 23.7 Å². The highest BCUT2D eigenvalue weighted by Gasteiger charge is 2.21. The van der Waals surface area contributed by atoms with Crippen molar-refractivity contribution in [3.8, 4) is 56.3 Å². The van der Waals surface area contributed by atoms with Gasteiger partial charge in [-0.2, -0.15) is 8.75 Å². The van der Waals surface area contributed by atoms with Crippen LogP contribution in [0.3, 0.4) is 0 Å². The molecule has 0 radical (unpaired) electrons. The lowest BCUT2D eigenvalue weighted by atomic mass is 9.95.